The number of hydrogen-bond acceptors (Lipinski definition) is 5. The number of ether oxygens (including phenoxy) is 1. The maximum atomic E-state index is 6.75. The fraction of sp³-hybridized carbons (Fsp3) is 0.450. The minimum Gasteiger partial charge on any atom is -0.436 e. The smallest absolute Gasteiger partial charge is 0.217 e. The third kappa shape index (κ3) is 2.83. The maximum Gasteiger partial charge on any atom is 0.217 e. The Labute approximate surface area is 162 Å². The molecule has 0 radical (unpaired) electrons. The minimum absolute atomic E-state index is 0.541. The van der Waals surface area contributed by atoms with Crippen LogP contribution in [0.15, 0.2) is 35.7 Å². The molecule has 2 aliphatic heterocycles. The zero-order valence-corrected chi connectivity index (χ0v) is 16.2. The molecule has 1 N–H and O–H groups in total. The number of aryl methyl sites for hydroxylation is 1. The number of halogens is 1. The van der Waals surface area contributed by atoms with Crippen LogP contribution in [0, 0.1) is 17.8 Å². The predicted octanol–water partition coefficient (Wildman–Crippen LogP) is 2.27. The number of aromatic nitrogens is 3. The van der Waals surface area contributed by atoms with E-state index in [0.29, 0.717) is 11.6 Å². The molecule has 140 valence electrons. The largest absolute Gasteiger partial charge is 0.436 e. The number of hydrogen-bond donors (Lipinski definition) is 1. The molecule has 3 aliphatic rings. The highest BCUT2D eigenvalue weighted by Crippen LogP contribution is 2.52. The summed E-state index contributed by atoms with van der Waals surface area (Å²) in [7, 11) is 0. The molecule has 0 spiro atoms. The summed E-state index contributed by atoms with van der Waals surface area (Å²) in [4.78, 5) is 18.6. The molecule has 1 aliphatic carbocycles. The van der Waals surface area contributed by atoms with Gasteiger partial charge < -0.3 is 14.6 Å². The van der Waals surface area contributed by atoms with Gasteiger partial charge in [0.15, 0.2) is 5.75 Å². The fourth-order valence-corrected chi connectivity index (χ4v) is 4.78. The minimum atomic E-state index is 0.541. The lowest BCUT2D eigenvalue weighted by Crippen LogP contribution is -2.34. The summed E-state index contributed by atoms with van der Waals surface area (Å²) in [5.41, 5.74) is 3.04. The average molecular weight is 384 g/mol. The highest BCUT2D eigenvalue weighted by Gasteiger charge is 2.53. The molecule has 2 atom stereocenters. The van der Waals surface area contributed by atoms with E-state index in [1.165, 1.54) is 12.0 Å². The van der Waals surface area contributed by atoms with Crippen LogP contribution in [0.3, 0.4) is 0 Å². The summed E-state index contributed by atoms with van der Waals surface area (Å²) in [6, 6.07) is 0. The van der Waals surface area contributed by atoms with E-state index < -0.39 is 0 Å². The summed E-state index contributed by atoms with van der Waals surface area (Å²) >= 11 is 6.75. The Bertz CT molecular complexity index is 1020. The number of rotatable bonds is 4. The lowest BCUT2D eigenvalue weighted by atomic mass is 10.2. The molecule has 7 heteroatoms. The van der Waals surface area contributed by atoms with E-state index in [1.54, 1.807) is 12.4 Å². The van der Waals surface area contributed by atoms with Crippen LogP contribution < -0.4 is 15.4 Å². The van der Waals surface area contributed by atoms with Crippen LogP contribution >= 0.6 is 11.6 Å². The van der Waals surface area contributed by atoms with Crippen LogP contribution in [-0.4, -0.2) is 32.9 Å². The molecule has 2 aromatic heterocycles. The van der Waals surface area contributed by atoms with Crippen molar-refractivity contribution < 1.29 is 4.74 Å². The molecule has 6 nitrogen and oxygen atoms in total. The Morgan fingerprint density at radius 1 is 1.26 bits per heavy atom. The molecule has 5 rings (SSSR count). The van der Waals surface area contributed by atoms with Crippen molar-refractivity contribution >= 4 is 17.3 Å². The van der Waals surface area contributed by atoms with Crippen molar-refractivity contribution in [3.63, 3.8) is 0 Å². The van der Waals surface area contributed by atoms with Gasteiger partial charge in [-0.25, -0.2) is 9.97 Å². The van der Waals surface area contributed by atoms with Crippen LogP contribution in [0.5, 0.6) is 5.75 Å². The Hall–Kier alpha value is -2.34. The highest BCUT2D eigenvalue weighted by molar-refractivity contribution is 6.31. The first kappa shape index (κ1) is 16.8. The van der Waals surface area contributed by atoms with E-state index in [9.17, 15) is 0 Å². The molecule has 2 aromatic rings. The van der Waals surface area contributed by atoms with E-state index in [0.717, 1.165) is 65.1 Å². The summed E-state index contributed by atoms with van der Waals surface area (Å²) in [6.45, 7) is 6.68. The van der Waals surface area contributed by atoms with Crippen LogP contribution in [0.1, 0.15) is 26.0 Å². The molecule has 0 amide bonds. The first-order chi connectivity index (χ1) is 13.2. The second-order valence-corrected chi connectivity index (χ2v) is 7.95. The van der Waals surface area contributed by atoms with E-state index in [-0.39, 0.29) is 0 Å². The van der Waals surface area contributed by atoms with Gasteiger partial charge in [-0.1, -0.05) is 25.4 Å². The van der Waals surface area contributed by atoms with Crippen molar-refractivity contribution in [3.05, 3.63) is 52.1 Å². The number of nitrogens with one attached hydrogen (secondary N) is 1. The number of nitrogens with zero attached hydrogens (tertiary/aromatic N) is 4. The van der Waals surface area contributed by atoms with Crippen LogP contribution in [-0.2, 0) is 6.42 Å². The summed E-state index contributed by atoms with van der Waals surface area (Å²) < 4.78 is 5.91. The molecule has 1 saturated carbocycles. The fourth-order valence-electron chi connectivity index (χ4n) is 4.40. The van der Waals surface area contributed by atoms with Gasteiger partial charge >= 0.3 is 0 Å². The second-order valence-electron chi connectivity index (χ2n) is 7.57. The van der Waals surface area contributed by atoms with E-state index in [1.807, 2.05) is 6.08 Å². The Morgan fingerprint density at radius 2 is 2.00 bits per heavy atom. The van der Waals surface area contributed by atoms with Gasteiger partial charge in [-0.15, -0.1) is 0 Å². The molecule has 1 saturated heterocycles. The van der Waals surface area contributed by atoms with E-state index in [4.69, 9.17) is 21.3 Å². The molecule has 4 heterocycles. The van der Waals surface area contributed by atoms with E-state index in [2.05, 4.69) is 33.7 Å². The zero-order valence-electron chi connectivity index (χ0n) is 15.4. The van der Waals surface area contributed by atoms with Gasteiger partial charge in [0.05, 0.1) is 22.6 Å². The number of aromatic amines is 1. The zero-order chi connectivity index (χ0) is 18.5. The van der Waals surface area contributed by atoms with Gasteiger partial charge in [0.2, 0.25) is 5.88 Å². The van der Waals surface area contributed by atoms with Crippen molar-refractivity contribution in [1.29, 1.82) is 0 Å². The third-order valence-electron chi connectivity index (χ3n) is 6.09. The van der Waals surface area contributed by atoms with Crippen molar-refractivity contribution in [1.82, 2.24) is 19.9 Å². The first-order valence-electron chi connectivity index (χ1n) is 9.52. The maximum absolute atomic E-state index is 6.75. The first-order valence-corrected chi connectivity index (χ1v) is 9.89. The third-order valence-corrected chi connectivity index (χ3v) is 6.50. The van der Waals surface area contributed by atoms with Crippen molar-refractivity contribution in [3.8, 4) is 5.75 Å². The predicted molar refractivity (Wildman–Crippen MR) is 102 cm³/mol. The van der Waals surface area contributed by atoms with Gasteiger partial charge in [-0.05, 0) is 30.3 Å². The van der Waals surface area contributed by atoms with Gasteiger partial charge in [0, 0.05) is 30.9 Å². The summed E-state index contributed by atoms with van der Waals surface area (Å²) in [6.07, 6.45) is 8.35. The molecule has 2 unspecified atom stereocenters. The number of piperidine rings is 1. The van der Waals surface area contributed by atoms with E-state index >= 15 is 0 Å². The standard InChI is InChI=1S/C20H22ClN5O/c1-3-15-19(21)18-16(26-8-13-11(2)14(13)9-26)4-5-17(25-20(18)24-15)27-12-6-22-10-23-7-12/h5-7,10-11,13-14H,3-4,8-9H2,1-2H3,(H,24,25). The van der Waals surface area contributed by atoms with Crippen LogP contribution in [0.4, 0.5) is 0 Å². The molecule has 0 aromatic carbocycles. The summed E-state index contributed by atoms with van der Waals surface area (Å²) in [5, 5.41) is 1.82. The lowest BCUT2D eigenvalue weighted by Gasteiger charge is -2.23. The number of likely N-dealkylation sites (tertiary alicyclic amines) is 1. The second kappa shape index (κ2) is 6.37. The quantitative estimate of drug-likeness (QED) is 0.879. The van der Waals surface area contributed by atoms with Crippen molar-refractivity contribution in [2.24, 2.45) is 22.7 Å². The van der Waals surface area contributed by atoms with Crippen molar-refractivity contribution in [2.45, 2.75) is 26.7 Å². The van der Waals surface area contributed by atoms with Gasteiger partial charge in [-0.3, -0.25) is 0 Å². The monoisotopic (exact) mass is 383 g/mol. The van der Waals surface area contributed by atoms with Gasteiger partial charge in [0.25, 0.3) is 0 Å². The molecule has 2 fully saturated rings. The Morgan fingerprint density at radius 3 is 2.70 bits per heavy atom. The Kier molecular flexibility index (Phi) is 3.97. The lowest BCUT2D eigenvalue weighted by molar-refractivity contribution is 0.396. The highest BCUT2D eigenvalue weighted by atomic mass is 35.5. The SMILES string of the molecule is CCc1[nH]c2c(c1Cl)=C(N1CC3C(C)C3C1)CC=C(Oc1cncnc1)N=2. The van der Waals surface area contributed by atoms with Crippen molar-refractivity contribution in [2.75, 3.05) is 13.1 Å². The normalized spacial score (nSPS) is 26.0. The summed E-state index contributed by atoms with van der Waals surface area (Å²) in [5.74, 6) is 3.62. The van der Waals surface area contributed by atoms with Gasteiger partial charge in [-0.2, -0.15) is 4.99 Å². The molecule has 0 bridgehead atoms. The Balaban J connectivity index is 1.56. The average Bonchev–Trinajstić information content (AvgIpc) is 3.01. The molecular formula is C20H22ClN5O. The van der Waals surface area contributed by atoms with Gasteiger partial charge in [0.1, 0.15) is 11.8 Å². The van der Waals surface area contributed by atoms with Crippen LogP contribution in [0.25, 0.3) is 5.70 Å². The van der Waals surface area contributed by atoms with Crippen LogP contribution in [0.2, 0.25) is 5.02 Å². The topological polar surface area (TPSA) is 66.4 Å². The molecular weight excluding hydrogens is 362 g/mol. The number of fused-ring (bicyclic) bond motifs is 2. The number of H-pyrrole nitrogens is 1. The molecule has 27 heavy (non-hydrogen) atoms.